The third-order valence-electron chi connectivity index (χ3n) is 7.90. The summed E-state index contributed by atoms with van der Waals surface area (Å²) >= 11 is 0. The van der Waals surface area contributed by atoms with Crippen molar-refractivity contribution in [1.29, 1.82) is 0 Å². The van der Waals surface area contributed by atoms with E-state index in [9.17, 15) is 14.4 Å². The largest absolute Gasteiger partial charge is 0.462 e. The first-order valence-corrected chi connectivity index (χ1v) is 16.0. The minimum Gasteiger partial charge on any atom is -0.462 e. The average molecular weight is 530 g/mol. The van der Waals surface area contributed by atoms with E-state index in [0.717, 1.165) is 5.57 Å². The summed E-state index contributed by atoms with van der Waals surface area (Å²) < 4.78 is 18.6. The van der Waals surface area contributed by atoms with E-state index >= 15 is 0 Å². The molecule has 204 valence electrons. The van der Waals surface area contributed by atoms with Gasteiger partial charge in [-0.05, 0) is 56.6 Å². The molecule has 4 atom stereocenters. The minimum atomic E-state index is -2.24. The molecule has 8 heteroatoms. The molecule has 1 aromatic rings. The quantitative estimate of drug-likeness (QED) is 0.188. The number of imide groups is 1. The van der Waals surface area contributed by atoms with Gasteiger partial charge in [0.1, 0.15) is 12.7 Å². The van der Waals surface area contributed by atoms with Crippen molar-refractivity contribution in [3.63, 3.8) is 0 Å². The predicted molar refractivity (Wildman–Crippen MR) is 146 cm³/mol. The number of esters is 1. The van der Waals surface area contributed by atoms with Crippen molar-refractivity contribution < 1.29 is 28.3 Å². The Balaban J connectivity index is 1.78. The molecule has 1 unspecified atom stereocenters. The zero-order valence-corrected chi connectivity index (χ0v) is 24.8. The number of carbonyl (C=O) groups excluding carboxylic acids is 3. The molecular weight excluding hydrogens is 486 g/mol. The van der Waals surface area contributed by atoms with Crippen LogP contribution in [0.3, 0.4) is 0 Å². The van der Waals surface area contributed by atoms with E-state index in [2.05, 4.69) is 40.4 Å². The predicted octanol–water partition coefficient (Wildman–Crippen LogP) is 5.61. The van der Waals surface area contributed by atoms with Crippen molar-refractivity contribution in [3.8, 4) is 0 Å². The number of fused-ring (bicyclic) bond motifs is 1. The van der Waals surface area contributed by atoms with Gasteiger partial charge in [0.05, 0.1) is 35.3 Å². The standard InChI is InChI=1S/C29H43NO6Si/c1-18-19(2)24(17-34-27(33)28(3,4)5)35-23(18)15-20(36-37(9,10)29(6,7)8)16-30-25(31)21-13-11-12-14-22(21)26(30)32/h11-14,18,20,23-24H,2,15-17H2,1,3-10H3/t18-,20?,23-,24+/m1/s1. The first kappa shape index (κ1) is 29.3. The number of carbonyl (C=O) groups is 3. The molecule has 1 saturated heterocycles. The molecule has 0 saturated carbocycles. The van der Waals surface area contributed by atoms with Crippen molar-refractivity contribution >= 4 is 26.1 Å². The highest BCUT2D eigenvalue weighted by Crippen LogP contribution is 2.40. The second-order valence-corrected chi connectivity index (χ2v) is 17.6. The summed E-state index contributed by atoms with van der Waals surface area (Å²) in [6.45, 7) is 22.8. The Bertz CT molecular complexity index is 1030. The smallest absolute Gasteiger partial charge is 0.311 e. The number of nitrogens with zero attached hydrogens (tertiary/aromatic N) is 1. The molecule has 1 aromatic carbocycles. The molecule has 2 heterocycles. The molecule has 2 amide bonds. The average Bonchev–Trinajstić information content (AvgIpc) is 3.18. The molecule has 3 rings (SSSR count). The van der Waals surface area contributed by atoms with E-state index in [0.29, 0.717) is 17.5 Å². The molecule has 0 radical (unpaired) electrons. The third kappa shape index (κ3) is 6.24. The van der Waals surface area contributed by atoms with Crippen molar-refractivity contribution in [2.24, 2.45) is 11.3 Å². The second kappa shape index (κ2) is 10.5. The molecule has 1 fully saturated rings. The maximum atomic E-state index is 13.1. The van der Waals surface area contributed by atoms with Crippen LogP contribution in [0.1, 0.15) is 75.6 Å². The summed E-state index contributed by atoms with van der Waals surface area (Å²) in [6, 6.07) is 6.91. The van der Waals surface area contributed by atoms with E-state index in [1.807, 2.05) is 27.7 Å². The van der Waals surface area contributed by atoms with E-state index in [-0.39, 0.29) is 48.0 Å². The Hall–Kier alpha value is -2.29. The lowest BCUT2D eigenvalue weighted by molar-refractivity contribution is -0.156. The van der Waals surface area contributed by atoms with Crippen molar-refractivity contribution in [2.45, 2.75) is 91.3 Å². The first-order valence-electron chi connectivity index (χ1n) is 13.1. The Morgan fingerprint density at radius 2 is 1.62 bits per heavy atom. The van der Waals surface area contributed by atoms with Crippen LogP contribution < -0.4 is 0 Å². The summed E-state index contributed by atoms with van der Waals surface area (Å²) in [5, 5.41) is -0.0529. The minimum absolute atomic E-state index is 0.00559. The summed E-state index contributed by atoms with van der Waals surface area (Å²) in [5.41, 5.74) is 1.13. The van der Waals surface area contributed by atoms with Gasteiger partial charge in [0, 0.05) is 12.3 Å². The maximum Gasteiger partial charge on any atom is 0.311 e. The molecule has 0 aliphatic carbocycles. The van der Waals surface area contributed by atoms with Gasteiger partial charge in [0.2, 0.25) is 0 Å². The highest BCUT2D eigenvalue weighted by Gasteiger charge is 2.45. The molecule has 0 aromatic heterocycles. The molecule has 2 aliphatic heterocycles. The zero-order valence-electron chi connectivity index (χ0n) is 23.8. The molecule has 0 spiro atoms. The van der Waals surface area contributed by atoms with Gasteiger partial charge in [-0.25, -0.2) is 0 Å². The number of benzene rings is 1. The SMILES string of the molecule is C=C1[C@H](COC(=O)C(C)(C)C)O[C@H](CC(CN2C(=O)c3ccccc3C2=O)O[Si](C)(C)C(C)(C)C)[C@@H]1C. The van der Waals surface area contributed by atoms with E-state index < -0.39 is 25.9 Å². The fraction of sp³-hybridized carbons (Fsp3) is 0.621. The van der Waals surface area contributed by atoms with Crippen molar-refractivity contribution in [1.82, 2.24) is 4.90 Å². The fourth-order valence-electron chi connectivity index (χ4n) is 4.34. The molecule has 37 heavy (non-hydrogen) atoms. The molecule has 0 bridgehead atoms. The maximum absolute atomic E-state index is 13.1. The molecular formula is C29H43NO6Si. The highest BCUT2D eigenvalue weighted by molar-refractivity contribution is 6.74. The van der Waals surface area contributed by atoms with Gasteiger partial charge in [-0.3, -0.25) is 19.3 Å². The lowest BCUT2D eigenvalue weighted by Crippen LogP contribution is -2.49. The van der Waals surface area contributed by atoms with Crippen LogP contribution in [-0.4, -0.2) is 62.5 Å². The topological polar surface area (TPSA) is 82.1 Å². The number of hydrogen-bond donors (Lipinski definition) is 0. The van der Waals surface area contributed by atoms with Gasteiger partial charge in [-0.1, -0.05) is 46.4 Å². The lowest BCUT2D eigenvalue weighted by atomic mass is 9.93. The summed E-state index contributed by atoms with van der Waals surface area (Å²) in [7, 11) is -2.24. The Morgan fingerprint density at radius 1 is 1.08 bits per heavy atom. The Labute approximate surface area is 222 Å². The van der Waals surface area contributed by atoms with Gasteiger partial charge < -0.3 is 13.9 Å². The van der Waals surface area contributed by atoms with Crippen LogP contribution in [0.2, 0.25) is 18.1 Å². The van der Waals surface area contributed by atoms with Gasteiger partial charge in [0.15, 0.2) is 8.32 Å². The van der Waals surface area contributed by atoms with Gasteiger partial charge in [-0.2, -0.15) is 0 Å². The third-order valence-corrected chi connectivity index (χ3v) is 12.4. The normalized spacial score (nSPS) is 23.4. The summed E-state index contributed by atoms with van der Waals surface area (Å²) in [6.07, 6.45) is -0.557. The zero-order chi connectivity index (χ0) is 27.9. The van der Waals surface area contributed by atoms with Crippen LogP contribution >= 0.6 is 0 Å². The Morgan fingerprint density at radius 3 is 2.11 bits per heavy atom. The van der Waals surface area contributed by atoms with Crippen LogP contribution in [0.25, 0.3) is 0 Å². The first-order chi connectivity index (χ1) is 16.9. The van der Waals surface area contributed by atoms with Crippen LogP contribution in [0.5, 0.6) is 0 Å². The van der Waals surface area contributed by atoms with Gasteiger partial charge in [0.25, 0.3) is 11.8 Å². The van der Waals surface area contributed by atoms with Crippen molar-refractivity contribution in [2.75, 3.05) is 13.2 Å². The van der Waals surface area contributed by atoms with E-state index in [1.165, 1.54) is 4.90 Å². The summed E-state index contributed by atoms with van der Waals surface area (Å²) in [4.78, 5) is 39.8. The monoisotopic (exact) mass is 529 g/mol. The van der Waals surface area contributed by atoms with Gasteiger partial charge >= 0.3 is 5.97 Å². The van der Waals surface area contributed by atoms with Crippen LogP contribution in [0, 0.1) is 11.3 Å². The fourth-order valence-corrected chi connectivity index (χ4v) is 5.70. The number of ether oxygens (including phenoxy) is 2. The molecule has 2 aliphatic rings. The Kier molecular flexibility index (Phi) is 8.28. The van der Waals surface area contributed by atoms with Crippen LogP contribution in [-0.2, 0) is 18.7 Å². The van der Waals surface area contributed by atoms with Crippen LogP contribution in [0.4, 0.5) is 0 Å². The van der Waals surface area contributed by atoms with E-state index in [4.69, 9.17) is 13.9 Å². The second-order valence-electron chi connectivity index (χ2n) is 12.9. The van der Waals surface area contributed by atoms with Crippen LogP contribution in [0.15, 0.2) is 36.4 Å². The number of hydrogen-bond acceptors (Lipinski definition) is 6. The van der Waals surface area contributed by atoms with Gasteiger partial charge in [-0.15, -0.1) is 0 Å². The van der Waals surface area contributed by atoms with Crippen molar-refractivity contribution in [3.05, 3.63) is 47.5 Å². The number of amides is 2. The molecule has 0 N–H and O–H groups in total. The number of rotatable bonds is 8. The molecule has 7 nitrogen and oxygen atoms in total. The summed E-state index contributed by atoms with van der Waals surface area (Å²) in [5.74, 6) is -0.863. The highest BCUT2D eigenvalue weighted by atomic mass is 28.4. The van der Waals surface area contributed by atoms with E-state index in [1.54, 1.807) is 24.3 Å². The lowest BCUT2D eigenvalue weighted by Gasteiger charge is -2.40.